The Morgan fingerprint density at radius 3 is 2.90 bits per heavy atom. The molecule has 3 N–H and O–H groups in total. The Labute approximate surface area is 122 Å². The minimum atomic E-state index is -0.0334. The summed E-state index contributed by atoms with van der Waals surface area (Å²) in [6, 6.07) is 10.5. The second-order valence-electron chi connectivity index (χ2n) is 4.96. The third-order valence-corrected chi connectivity index (χ3v) is 4.63. The second-order valence-corrected chi connectivity index (χ2v) is 5.91. The van der Waals surface area contributed by atoms with Crippen molar-refractivity contribution in [1.82, 2.24) is 10.4 Å². The van der Waals surface area contributed by atoms with Crippen LogP contribution < -0.4 is 11.3 Å². The highest BCUT2D eigenvalue weighted by Crippen LogP contribution is 2.28. The van der Waals surface area contributed by atoms with E-state index in [2.05, 4.69) is 53.9 Å². The molecule has 20 heavy (non-hydrogen) atoms. The van der Waals surface area contributed by atoms with Crippen LogP contribution in [-0.2, 0) is 0 Å². The fourth-order valence-electron chi connectivity index (χ4n) is 2.47. The standard InChI is InChI=1S/C16H17N3S/c1-10-4-3-5-13(11(10)2)16(19-17)12-8-15-14(18-9-12)6-7-20-15/h3-9,16,19H,17H2,1-2H3. The second kappa shape index (κ2) is 5.32. The molecule has 0 saturated heterocycles. The molecule has 0 aliphatic carbocycles. The minimum Gasteiger partial charge on any atom is -0.271 e. The van der Waals surface area contributed by atoms with Crippen LogP contribution in [0.4, 0.5) is 0 Å². The maximum absolute atomic E-state index is 5.80. The van der Waals surface area contributed by atoms with Crippen LogP contribution in [0.3, 0.4) is 0 Å². The number of benzene rings is 1. The van der Waals surface area contributed by atoms with E-state index in [4.69, 9.17) is 5.84 Å². The molecule has 0 radical (unpaired) electrons. The van der Waals surface area contributed by atoms with Crippen molar-refractivity contribution in [3.8, 4) is 0 Å². The van der Waals surface area contributed by atoms with Crippen molar-refractivity contribution >= 4 is 21.6 Å². The van der Waals surface area contributed by atoms with Gasteiger partial charge in [0.2, 0.25) is 0 Å². The van der Waals surface area contributed by atoms with Gasteiger partial charge in [-0.15, -0.1) is 11.3 Å². The highest BCUT2D eigenvalue weighted by molar-refractivity contribution is 7.17. The van der Waals surface area contributed by atoms with E-state index in [1.54, 1.807) is 11.3 Å². The van der Waals surface area contributed by atoms with Crippen LogP contribution >= 0.6 is 11.3 Å². The fraction of sp³-hybridized carbons (Fsp3) is 0.188. The molecular weight excluding hydrogens is 266 g/mol. The van der Waals surface area contributed by atoms with E-state index < -0.39 is 0 Å². The molecule has 0 bridgehead atoms. The minimum absolute atomic E-state index is 0.0334. The fourth-order valence-corrected chi connectivity index (χ4v) is 3.26. The maximum atomic E-state index is 5.80. The molecule has 3 nitrogen and oxygen atoms in total. The third kappa shape index (κ3) is 2.22. The van der Waals surface area contributed by atoms with Gasteiger partial charge in [0.25, 0.3) is 0 Å². The Morgan fingerprint density at radius 2 is 2.10 bits per heavy atom. The Balaban J connectivity index is 2.10. The molecule has 0 aliphatic rings. The van der Waals surface area contributed by atoms with Crippen molar-refractivity contribution in [2.45, 2.75) is 19.9 Å². The van der Waals surface area contributed by atoms with Gasteiger partial charge in [0.1, 0.15) is 0 Å². The Hall–Kier alpha value is -1.75. The van der Waals surface area contributed by atoms with Crippen LogP contribution in [0.25, 0.3) is 10.2 Å². The van der Waals surface area contributed by atoms with Gasteiger partial charge < -0.3 is 0 Å². The predicted molar refractivity (Wildman–Crippen MR) is 84.7 cm³/mol. The summed E-state index contributed by atoms with van der Waals surface area (Å²) in [6.07, 6.45) is 1.90. The van der Waals surface area contributed by atoms with Crippen molar-refractivity contribution < 1.29 is 0 Å². The van der Waals surface area contributed by atoms with E-state index in [-0.39, 0.29) is 6.04 Å². The lowest BCUT2D eigenvalue weighted by atomic mass is 9.94. The Bertz CT molecular complexity index is 748. The van der Waals surface area contributed by atoms with Crippen molar-refractivity contribution in [2.24, 2.45) is 5.84 Å². The first-order valence-electron chi connectivity index (χ1n) is 6.56. The highest BCUT2D eigenvalue weighted by Gasteiger charge is 2.16. The lowest BCUT2D eigenvalue weighted by Gasteiger charge is -2.20. The summed E-state index contributed by atoms with van der Waals surface area (Å²) in [7, 11) is 0. The van der Waals surface area contributed by atoms with Gasteiger partial charge in [-0.25, -0.2) is 5.43 Å². The number of nitrogens with one attached hydrogen (secondary N) is 1. The molecule has 2 heterocycles. The Morgan fingerprint density at radius 1 is 1.25 bits per heavy atom. The number of nitrogens with zero attached hydrogens (tertiary/aromatic N) is 1. The number of hydrogen-bond donors (Lipinski definition) is 2. The van der Waals surface area contributed by atoms with Gasteiger partial charge >= 0.3 is 0 Å². The van der Waals surface area contributed by atoms with Gasteiger partial charge in [-0.2, -0.15) is 0 Å². The number of thiophene rings is 1. The summed E-state index contributed by atoms with van der Waals surface area (Å²) >= 11 is 1.70. The van der Waals surface area contributed by atoms with Crippen LogP contribution in [0, 0.1) is 13.8 Å². The zero-order chi connectivity index (χ0) is 14.1. The first-order chi connectivity index (χ1) is 9.70. The number of aromatic nitrogens is 1. The number of rotatable bonds is 3. The smallest absolute Gasteiger partial charge is 0.0809 e. The zero-order valence-electron chi connectivity index (χ0n) is 11.6. The van der Waals surface area contributed by atoms with E-state index in [0.717, 1.165) is 11.1 Å². The van der Waals surface area contributed by atoms with E-state index >= 15 is 0 Å². The number of aryl methyl sites for hydroxylation is 1. The molecule has 2 aromatic heterocycles. The number of hydrogen-bond acceptors (Lipinski definition) is 4. The molecule has 3 rings (SSSR count). The normalized spacial score (nSPS) is 12.8. The van der Waals surface area contributed by atoms with Crippen molar-refractivity contribution in [3.63, 3.8) is 0 Å². The summed E-state index contributed by atoms with van der Waals surface area (Å²) in [6.45, 7) is 4.25. The lowest BCUT2D eigenvalue weighted by Crippen LogP contribution is -2.29. The van der Waals surface area contributed by atoms with Gasteiger partial charge in [0, 0.05) is 6.20 Å². The average Bonchev–Trinajstić information content (AvgIpc) is 2.92. The van der Waals surface area contributed by atoms with E-state index in [0.29, 0.717) is 0 Å². The molecule has 0 aliphatic heterocycles. The van der Waals surface area contributed by atoms with Crippen LogP contribution in [0.15, 0.2) is 41.9 Å². The van der Waals surface area contributed by atoms with Crippen LogP contribution in [-0.4, -0.2) is 4.98 Å². The number of nitrogens with two attached hydrogens (primary N) is 1. The molecule has 1 aromatic carbocycles. The molecule has 3 aromatic rings. The third-order valence-electron chi connectivity index (χ3n) is 3.78. The highest BCUT2D eigenvalue weighted by atomic mass is 32.1. The Kier molecular flexibility index (Phi) is 3.53. The molecule has 102 valence electrons. The summed E-state index contributed by atoms with van der Waals surface area (Å²) in [5, 5.41) is 2.06. The van der Waals surface area contributed by atoms with Crippen LogP contribution in [0.1, 0.15) is 28.3 Å². The first-order valence-corrected chi connectivity index (χ1v) is 7.44. The first kappa shape index (κ1) is 13.2. The summed E-state index contributed by atoms with van der Waals surface area (Å²) < 4.78 is 1.19. The SMILES string of the molecule is Cc1cccc(C(NN)c2cnc3ccsc3c2)c1C. The summed E-state index contributed by atoms with van der Waals surface area (Å²) in [5.41, 5.74) is 8.79. The van der Waals surface area contributed by atoms with Crippen LogP contribution in [0.2, 0.25) is 0 Å². The van der Waals surface area contributed by atoms with Crippen molar-refractivity contribution in [2.75, 3.05) is 0 Å². The molecule has 1 atom stereocenters. The number of pyridine rings is 1. The topological polar surface area (TPSA) is 50.9 Å². The molecule has 0 amide bonds. The quantitative estimate of drug-likeness (QED) is 0.571. The number of hydrazine groups is 1. The molecule has 1 unspecified atom stereocenters. The maximum Gasteiger partial charge on any atom is 0.0809 e. The molecular formula is C16H17N3S. The molecule has 0 fully saturated rings. The molecule has 4 heteroatoms. The van der Waals surface area contributed by atoms with Crippen molar-refractivity contribution in [3.05, 3.63) is 64.2 Å². The van der Waals surface area contributed by atoms with Gasteiger partial charge in [-0.3, -0.25) is 10.8 Å². The molecule has 0 spiro atoms. The van der Waals surface area contributed by atoms with Gasteiger partial charge in [0.15, 0.2) is 0 Å². The largest absolute Gasteiger partial charge is 0.271 e. The van der Waals surface area contributed by atoms with Gasteiger partial charge in [0.05, 0.1) is 16.3 Å². The van der Waals surface area contributed by atoms with Crippen LogP contribution in [0.5, 0.6) is 0 Å². The lowest BCUT2D eigenvalue weighted by molar-refractivity contribution is 0.632. The number of fused-ring (bicyclic) bond motifs is 1. The van der Waals surface area contributed by atoms with E-state index in [1.165, 1.54) is 21.4 Å². The summed E-state index contributed by atoms with van der Waals surface area (Å²) in [4.78, 5) is 4.50. The van der Waals surface area contributed by atoms with E-state index in [9.17, 15) is 0 Å². The van der Waals surface area contributed by atoms with Gasteiger partial charge in [-0.05, 0) is 53.6 Å². The molecule has 0 saturated carbocycles. The van der Waals surface area contributed by atoms with Gasteiger partial charge in [-0.1, -0.05) is 18.2 Å². The zero-order valence-corrected chi connectivity index (χ0v) is 12.4. The van der Waals surface area contributed by atoms with E-state index in [1.807, 2.05) is 12.3 Å². The average molecular weight is 283 g/mol. The summed E-state index contributed by atoms with van der Waals surface area (Å²) in [5.74, 6) is 5.80. The predicted octanol–water partition coefficient (Wildman–Crippen LogP) is 3.47. The monoisotopic (exact) mass is 283 g/mol. The van der Waals surface area contributed by atoms with Crippen molar-refractivity contribution in [1.29, 1.82) is 0 Å².